The number of aryl methyl sites for hydroxylation is 2. The standard InChI is InChI=1S/C20H25NO4S/c1-5-24-18(22)11-15(4)21-20(23)17-10-9-16(25-17)12-26-19-13(2)7-6-8-14(19)3/h6-10,15H,5,11-12H2,1-4H3,(H,21,23). The van der Waals surface area contributed by atoms with Crippen LogP contribution in [0.25, 0.3) is 0 Å². The van der Waals surface area contributed by atoms with Crippen LogP contribution in [0.3, 0.4) is 0 Å². The lowest BCUT2D eigenvalue weighted by molar-refractivity contribution is -0.143. The number of benzene rings is 1. The van der Waals surface area contributed by atoms with Gasteiger partial charge in [0.15, 0.2) is 5.76 Å². The number of rotatable bonds is 8. The first-order valence-electron chi connectivity index (χ1n) is 8.65. The van der Waals surface area contributed by atoms with Crippen molar-refractivity contribution < 1.29 is 18.7 Å². The highest BCUT2D eigenvalue weighted by atomic mass is 32.2. The highest BCUT2D eigenvalue weighted by molar-refractivity contribution is 7.98. The first kappa shape index (κ1) is 20.1. The van der Waals surface area contributed by atoms with E-state index in [0.717, 1.165) is 5.76 Å². The molecule has 5 nitrogen and oxygen atoms in total. The van der Waals surface area contributed by atoms with Gasteiger partial charge in [-0.15, -0.1) is 11.8 Å². The summed E-state index contributed by atoms with van der Waals surface area (Å²) in [6.45, 7) is 8.01. The zero-order valence-corrected chi connectivity index (χ0v) is 16.4. The van der Waals surface area contributed by atoms with Crippen LogP contribution in [0.2, 0.25) is 0 Å². The highest BCUT2D eigenvalue weighted by Crippen LogP contribution is 2.29. The van der Waals surface area contributed by atoms with Crippen LogP contribution in [0.15, 0.2) is 39.6 Å². The molecule has 26 heavy (non-hydrogen) atoms. The molecule has 0 spiro atoms. The van der Waals surface area contributed by atoms with Gasteiger partial charge in [-0.1, -0.05) is 18.2 Å². The zero-order valence-electron chi connectivity index (χ0n) is 15.6. The third kappa shape index (κ3) is 5.66. The Morgan fingerprint density at radius 3 is 2.54 bits per heavy atom. The molecule has 1 N–H and O–H groups in total. The molecule has 1 heterocycles. The number of nitrogens with one attached hydrogen (secondary N) is 1. The third-order valence-corrected chi connectivity index (χ3v) is 5.17. The van der Waals surface area contributed by atoms with E-state index in [1.54, 1.807) is 31.7 Å². The number of carbonyl (C=O) groups excluding carboxylic acids is 2. The molecule has 140 valence electrons. The predicted molar refractivity (Wildman–Crippen MR) is 102 cm³/mol. The van der Waals surface area contributed by atoms with Gasteiger partial charge in [0.2, 0.25) is 0 Å². The van der Waals surface area contributed by atoms with Gasteiger partial charge in [0, 0.05) is 10.9 Å². The fourth-order valence-corrected chi connectivity index (χ4v) is 3.60. The average molecular weight is 375 g/mol. The fourth-order valence-electron chi connectivity index (χ4n) is 2.56. The maximum Gasteiger partial charge on any atom is 0.307 e. The molecular weight excluding hydrogens is 350 g/mol. The van der Waals surface area contributed by atoms with Crippen LogP contribution in [0.4, 0.5) is 0 Å². The summed E-state index contributed by atoms with van der Waals surface area (Å²) in [5.74, 6) is 0.978. The van der Waals surface area contributed by atoms with Crippen molar-refractivity contribution in [3.63, 3.8) is 0 Å². The molecule has 1 atom stereocenters. The molecule has 1 amide bonds. The molecule has 0 aliphatic rings. The van der Waals surface area contributed by atoms with Gasteiger partial charge in [-0.25, -0.2) is 0 Å². The molecule has 1 unspecified atom stereocenters. The maximum atomic E-state index is 12.2. The van der Waals surface area contributed by atoms with E-state index in [1.165, 1.54) is 16.0 Å². The molecule has 0 fully saturated rings. The number of hydrogen-bond donors (Lipinski definition) is 1. The number of thioether (sulfide) groups is 1. The Morgan fingerprint density at radius 1 is 1.19 bits per heavy atom. The summed E-state index contributed by atoms with van der Waals surface area (Å²) in [7, 11) is 0. The van der Waals surface area contributed by atoms with Crippen molar-refractivity contribution in [2.45, 2.75) is 50.8 Å². The van der Waals surface area contributed by atoms with E-state index in [2.05, 4.69) is 31.3 Å². The van der Waals surface area contributed by atoms with E-state index in [-0.39, 0.29) is 30.1 Å². The lowest BCUT2D eigenvalue weighted by atomic mass is 10.2. The number of carbonyl (C=O) groups is 2. The minimum atomic E-state index is -0.329. The second kappa shape index (κ2) is 9.48. The first-order valence-corrected chi connectivity index (χ1v) is 9.63. The van der Waals surface area contributed by atoms with Crippen LogP contribution in [0, 0.1) is 13.8 Å². The van der Waals surface area contributed by atoms with Crippen molar-refractivity contribution in [2.24, 2.45) is 0 Å². The van der Waals surface area contributed by atoms with E-state index in [1.807, 2.05) is 12.1 Å². The molecule has 0 saturated carbocycles. The number of ether oxygens (including phenoxy) is 1. The fraction of sp³-hybridized carbons (Fsp3) is 0.400. The van der Waals surface area contributed by atoms with E-state index < -0.39 is 0 Å². The summed E-state index contributed by atoms with van der Waals surface area (Å²) in [5.41, 5.74) is 2.46. The van der Waals surface area contributed by atoms with Gasteiger partial charge in [-0.3, -0.25) is 9.59 Å². The van der Waals surface area contributed by atoms with Gasteiger partial charge >= 0.3 is 5.97 Å². The van der Waals surface area contributed by atoms with E-state index >= 15 is 0 Å². The summed E-state index contributed by atoms with van der Waals surface area (Å²) in [5, 5.41) is 2.75. The Morgan fingerprint density at radius 2 is 1.88 bits per heavy atom. The topological polar surface area (TPSA) is 68.5 Å². The summed E-state index contributed by atoms with van der Waals surface area (Å²) < 4.78 is 10.5. The number of esters is 1. The Balaban J connectivity index is 1.90. The second-order valence-corrected chi connectivity index (χ2v) is 7.14. The number of furan rings is 1. The summed E-state index contributed by atoms with van der Waals surface area (Å²) in [6, 6.07) is 9.36. The van der Waals surface area contributed by atoms with Crippen LogP contribution in [-0.4, -0.2) is 24.5 Å². The molecule has 1 aromatic carbocycles. The van der Waals surface area contributed by atoms with Crippen molar-refractivity contribution in [1.82, 2.24) is 5.32 Å². The Kier molecular flexibility index (Phi) is 7.33. The molecular formula is C20H25NO4S. The van der Waals surface area contributed by atoms with Crippen molar-refractivity contribution in [3.05, 3.63) is 53.0 Å². The van der Waals surface area contributed by atoms with Gasteiger partial charge in [0.25, 0.3) is 5.91 Å². The van der Waals surface area contributed by atoms with Crippen LogP contribution >= 0.6 is 11.8 Å². The molecule has 0 radical (unpaired) electrons. The summed E-state index contributed by atoms with van der Waals surface area (Å²) in [6.07, 6.45) is 0.134. The van der Waals surface area contributed by atoms with E-state index in [0.29, 0.717) is 12.4 Å². The molecule has 0 saturated heterocycles. The van der Waals surface area contributed by atoms with Gasteiger partial charge in [0.05, 0.1) is 18.8 Å². The van der Waals surface area contributed by atoms with Gasteiger partial charge in [-0.2, -0.15) is 0 Å². The van der Waals surface area contributed by atoms with Crippen LogP contribution in [0.1, 0.15) is 47.7 Å². The third-order valence-electron chi connectivity index (χ3n) is 3.81. The maximum absolute atomic E-state index is 12.2. The van der Waals surface area contributed by atoms with Crippen LogP contribution < -0.4 is 5.32 Å². The molecule has 0 aliphatic heterocycles. The molecule has 1 aromatic heterocycles. The number of amides is 1. The Hall–Kier alpha value is -2.21. The average Bonchev–Trinajstić information content (AvgIpc) is 3.03. The molecule has 0 bridgehead atoms. The minimum absolute atomic E-state index is 0.134. The summed E-state index contributed by atoms with van der Waals surface area (Å²) in [4.78, 5) is 24.9. The SMILES string of the molecule is CCOC(=O)CC(C)NC(=O)c1ccc(CSc2c(C)cccc2C)o1. The highest BCUT2D eigenvalue weighted by Gasteiger charge is 2.17. The lowest BCUT2D eigenvalue weighted by Gasteiger charge is -2.11. The van der Waals surface area contributed by atoms with Crippen LogP contribution in [0.5, 0.6) is 0 Å². The molecule has 6 heteroatoms. The zero-order chi connectivity index (χ0) is 19.1. The van der Waals surface area contributed by atoms with Gasteiger partial charge in [0.1, 0.15) is 5.76 Å². The quantitative estimate of drug-likeness (QED) is 0.551. The monoisotopic (exact) mass is 375 g/mol. The van der Waals surface area contributed by atoms with Crippen molar-refractivity contribution in [2.75, 3.05) is 6.61 Å². The predicted octanol–water partition coefficient (Wildman–Crippen LogP) is 4.26. The molecule has 0 aliphatic carbocycles. The Labute approximate surface area is 158 Å². The largest absolute Gasteiger partial charge is 0.466 e. The smallest absolute Gasteiger partial charge is 0.307 e. The molecule has 2 rings (SSSR count). The Bertz CT molecular complexity index is 749. The van der Waals surface area contributed by atoms with Gasteiger partial charge in [-0.05, 0) is 51.0 Å². The lowest BCUT2D eigenvalue weighted by Crippen LogP contribution is -2.34. The van der Waals surface area contributed by atoms with Crippen molar-refractivity contribution >= 4 is 23.6 Å². The summed E-state index contributed by atoms with van der Waals surface area (Å²) >= 11 is 1.69. The van der Waals surface area contributed by atoms with Crippen molar-refractivity contribution in [3.8, 4) is 0 Å². The number of hydrogen-bond acceptors (Lipinski definition) is 5. The minimum Gasteiger partial charge on any atom is -0.466 e. The van der Waals surface area contributed by atoms with Gasteiger partial charge < -0.3 is 14.5 Å². The second-order valence-electron chi connectivity index (χ2n) is 6.16. The normalized spacial score (nSPS) is 11.8. The molecule has 2 aromatic rings. The first-order chi connectivity index (χ1) is 12.4. The van der Waals surface area contributed by atoms with E-state index in [9.17, 15) is 9.59 Å². The van der Waals surface area contributed by atoms with Crippen molar-refractivity contribution in [1.29, 1.82) is 0 Å². The van der Waals surface area contributed by atoms with E-state index in [4.69, 9.17) is 9.15 Å². The van der Waals surface area contributed by atoms with Crippen LogP contribution in [-0.2, 0) is 15.3 Å².